The van der Waals surface area contributed by atoms with Crippen molar-refractivity contribution in [3.63, 3.8) is 0 Å². The lowest BCUT2D eigenvalue weighted by Crippen LogP contribution is -2.47. The molecule has 1 saturated heterocycles. The molecule has 3 aromatic rings. The molecule has 0 unspecified atom stereocenters. The van der Waals surface area contributed by atoms with Gasteiger partial charge in [-0.05, 0) is 30.7 Å². The second-order valence-electron chi connectivity index (χ2n) is 8.09. The van der Waals surface area contributed by atoms with Crippen LogP contribution < -0.4 is 15.3 Å². The van der Waals surface area contributed by atoms with E-state index in [0.717, 1.165) is 56.5 Å². The van der Waals surface area contributed by atoms with Gasteiger partial charge in [0.1, 0.15) is 29.2 Å². The van der Waals surface area contributed by atoms with E-state index < -0.39 is 0 Å². The van der Waals surface area contributed by atoms with Gasteiger partial charge in [-0.3, -0.25) is 9.47 Å². The lowest BCUT2D eigenvalue weighted by molar-refractivity contribution is 0.248. The number of ether oxygens (including phenoxy) is 1. The second kappa shape index (κ2) is 11.3. The fraction of sp³-hybridized carbons (Fsp3) is 0.458. The van der Waals surface area contributed by atoms with Crippen molar-refractivity contribution in [2.24, 2.45) is 0 Å². The Balaban J connectivity index is 1.24. The number of piperazine rings is 1. The Kier molecular flexibility index (Phi) is 8.01. The van der Waals surface area contributed by atoms with Gasteiger partial charge in [0.25, 0.3) is 0 Å². The monoisotopic (exact) mass is 470 g/mol. The van der Waals surface area contributed by atoms with Gasteiger partial charge in [-0.25, -0.2) is 14.5 Å². The molecule has 8 nitrogen and oxygen atoms in total. The minimum absolute atomic E-state index is 0.0552. The molecule has 3 heterocycles. The number of pyridine rings is 1. The van der Waals surface area contributed by atoms with E-state index in [2.05, 4.69) is 19.9 Å². The predicted octanol–water partition coefficient (Wildman–Crippen LogP) is 2.95. The van der Waals surface area contributed by atoms with Gasteiger partial charge in [0, 0.05) is 45.7 Å². The molecule has 33 heavy (non-hydrogen) atoms. The van der Waals surface area contributed by atoms with Gasteiger partial charge in [0.2, 0.25) is 0 Å². The van der Waals surface area contributed by atoms with Crippen molar-refractivity contribution in [1.29, 1.82) is 0 Å². The molecule has 0 radical (unpaired) electrons. The largest absolute Gasteiger partial charge is 0.492 e. The first-order valence-corrected chi connectivity index (χ1v) is 12.0. The van der Waals surface area contributed by atoms with Crippen LogP contribution in [0.1, 0.15) is 19.2 Å². The van der Waals surface area contributed by atoms with Crippen LogP contribution in [0.3, 0.4) is 0 Å². The molecule has 0 atom stereocenters. The number of para-hydroxylation sites is 1. The fourth-order valence-corrected chi connectivity index (χ4v) is 4.27. The van der Waals surface area contributed by atoms with E-state index in [1.807, 2.05) is 49.4 Å². The molecule has 9 heteroatoms. The molecule has 0 aliphatic carbocycles. The highest BCUT2D eigenvalue weighted by Crippen LogP contribution is 2.16. The summed E-state index contributed by atoms with van der Waals surface area (Å²) in [5.74, 6) is 2.55. The number of hydrogen-bond acceptors (Lipinski definition) is 6. The van der Waals surface area contributed by atoms with E-state index in [9.17, 15) is 4.79 Å². The minimum atomic E-state index is -0.0552. The number of aryl methyl sites for hydroxylation is 2. The van der Waals surface area contributed by atoms with Crippen LogP contribution in [0, 0.1) is 0 Å². The maximum atomic E-state index is 12.9. The topological polar surface area (TPSA) is 68.4 Å². The molecular weight excluding hydrogens is 440 g/mol. The summed E-state index contributed by atoms with van der Waals surface area (Å²) in [6, 6.07) is 15.4. The number of hydrogen-bond donors (Lipinski definition) is 0. The smallest absolute Gasteiger partial charge is 0.346 e. The number of rotatable bonds is 10. The minimum Gasteiger partial charge on any atom is -0.492 e. The van der Waals surface area contributed by atoms with Gasteiger partial charge >= 0.3 is 5.69 Å². The molecule has 0 bridgehead atoms. The zero-order valence-electron chi connectivity index (χ0n) is 19.1. The van der Waals surface area contributed by atoms with E-state index >= 15 is 0 Å². The third-order valence-corrected chi connectivity index (χ3v) is 6.09. The van der Waals surface area contributed by atoms with Crippen molar-refractivity contribution in [3.8, 4) is 5.75 Å². The van der Waals surface area contributed by atoms with Gasteiger partial charge in [-0.15, -0.1) is 0 Å². The van der Waals surface area contributed by atoms with Crippen LogP contribution in [0.4, 0.5) is 5.82 Å². The summed E-state index contributed by atoms with van der Waals surface area (Å²) in [7, 11) is 0. The van der Waals surface area contributed by atoms with E-state index in [-0.39, 0.29) is 5.69 Å². The molecule has 0 spiro atoms. The lowest BCUT2D eigenvalue weighted by atomic mass is 10.3. The van der Waals surface area contributed by atoms with Crippen LogP contribution in [-0.4, -0.2) is 63.6 Å². The Bertz CT molecular complexity index is 1080. The number of nitrogens with zero attached hydrogens (tertiary/aromatic N) is 6. The molecule has 4 rings (SSSR count). The molecule has 176 valence electrons. The fourth-order valence-electron chi connectivity index (χ4n) is 4.11. The van der Waals surface area contributed by atoms with Crippen molar-refractivity contribution in [1.82, 2.24) is 24.2 Å². The van der Waals surface area contributed by atoms with Crippen molar-refractivity contribution in [2.45, 2.75) is 32.9 Å². The molecule has 1 aromatic carbocycles. The maximum absolute atomic E-state index is 12.9. The quantitative estimate of drug-likeness (QED) is 0.424. The lowest BCUT2D eigenvalue weighted by Gasteiger charge is -2.35. The van der Waals surface area contributed by atoms with Gasteiger partial charge in [0.15, 0.2) is 0 Å². The van der Waals surface area contributed by atoms with E-state index in [1.165, 1.54) is 0 Å². The number of benzene rings is 1. The number of halogens is 1. The molecule has 0 amide bonds. The summed E-state index contributed by atoms with van der Waals surface area (Å²) in [6.45, 7) is 8.29. The summed E-state index contributed by atoms with van der Waals surface area (Å²) < 4.78 is 9.10. The number of aromatic nitrogens is 4. The molecular formula is C24H31ClN6O2. The zero-order valence-corrected chi connectivity index (χ0v) is 19.8. The summed E-state index contributed by atoms with van der Waals surface area (Å²) in [4.78, 5) is 22.0. The van der Waals surface area contributed by atoms with Crippen molar-refractivity contribution in [2.75, 3.05) is 44.2 Å². The summed E-state index contributed by atoms with van der Waals surface area (Å²) >= 11 is 6.02. The van der Waals surface area contributed by atoms with Crippen LogP contribution in [0.2, 0.25) is 5.15 Å². The summed E-state index contributed by atoms with van der Waals surface area (Å²) in [6.07, 6.45) is 1.60. The Morgan fingerprint density at radius 2 is 1.76 bits per heavy atom. The molecule has 1 aliphatic rings. The predicted molar refractivity (Wildman–Crippen MR) is 130 cm³/mol. The second-order valence-corrected chi connectivity index (χ2v) is 8.48. The highest BCUT2D eigenvalue weighted by Gasteiger charge is 2.18. The molecule has 1 fully saturated rings. The van der Waals surface area contributed by atoms with Gasteiger partial charge in [-0.1, -0.05) is 42.8 Å². The van der Waals surface area contributed by atoms with Crippen LogP contribution in [0.25, 0.3) is 0 Å². The highest BCUT2D eigenvalue weighted by molar-refractivity contribution is 6.29. The van der Waals surface area contributed by atoms with Gasteiger partial charge in [-0.2, -0.15) is 5.10 Å². The summed E-state index contributed by atoms with van der Waals surface area (Å²) in [5.41, 5.74) is -0.0552. The first-order valence-electron chi connectivity index (χ1n) is 11.6. The van der Waals surface area contributed by atoms with Gasteiger partial charge < -0.3 is 9.64 Å². The summed E-state index contributed by atoms with van der Waals surface area (Å²) in [5, 5.41) is 5.09. The SMILES string of the molecule is CCc1nn(CCCN2CCN(c3cccc(Cl)n3)CC2)c(=O)n1CCOc1ccccc1. The van der Waals surface area contributed by atoms with Crippen molar-refractivity contribution in [3.05, 3.63) is 70.0 Å². The maximum Gasteiger partial charge on any atom is 0.346 e. The van der Waals surface area contributed by atoms with Crippen LogP contribution in [0.15, 0.2) is 53.3 Å². The Labute approximate surface area is 199 Å². The Morgan fingerprint density at radius 1 is 0.970 bits per heavy atom. The van der Waals surface area contributed by atoms with Crippen LogP contribution in [0.5, 0.6) is 5.75 Å². The van der Waals surface area contributed by atoms with E-state index in [1.54, 1.807) is 15.3 Å². The molecule has 0 N–H and O–H groups in total. The molecule has 0 saturated carbocycles. The molecule has 1 aliphatic heterocycles. The van der Waals surface area contributed by atoms with Gasteiger partial charge in [0.05, 0.1) is 6.54 Å². The van der Waals surface area contributed by atoms with Crippen LogP contribution >= 0.6 is 11.6 Å². The Hall–Kier alpha value is -2.84. The standard InChI is InChI=1S/C24H31ClN6O2/c1-2-22-27-31(24(32)30(22)18-19-33-20-8-4-3-5-9-20)13-7-12-28-14-16-29(17-15-28)23-11-6-10-21(25)26-23/h3-6,8-11H,2,7,12-19H2,1H3. The molecule has 2 aromatic heterocycles. The van der Waals surface area contributed by atoms with E-state index in [4.69, 9.17) is 16.3 Å². The normalized spacial score (nSPS) is 14.5. The zero-order chi connectivity index (χ0) is 23.0. The first-order chi connectivity index (χ1) is 16.1. The van der Waals surface area contributed by atoms with Crippen LogP contribution in [-0.2, 0) is 19.5 Å². The highest BCUT2D eigenvalue weighted by atomic mass is 35.5. The van der Waals surface area contributed by atoms with Crippen molar-refractivity contribution < 1.29 is 4.74 Å². The third-order valence-electron chi connectivity index (χ3n) is 5.88. The van der Waals surface area contributed by atoms with Crippen molar-refractivity contribution >= 4 is 17.4 Å². The average Bonchev–Trinajstić information content (AvgIpc) is 3.15. The third kappa shape index (κ3) is 6.15. The number of anilines is 1. The first kappa shape index (κ1) is 23.3. The Morgan fingerprint density at radius 3 is 2.48 bits per heavy atom. The average molecular weight is 471 g/mol. The van der Waals surface area contributed by atoms with E-state index in [0.29, 0.717) is 31.3 Å².